The third kappa shape index (κ3) is 3.61. The first kappa shape index (κ1) is 13.7. The van der Waals surface area contributed by atoms with E-state index in [1.165, 1.54) is 12.1 Å². The molecule has 0 bridgehead atoms. The predicted octanol–water partition coefficient (Wildman–Crippen LogP) is 3.62. The second kappa shape index (κ2) is 6.43. The standard InChI is InChI=1S/C16H19FN2/c1-3-9-19-16(13-4-6-15(17)7-5-13)14-8-10-18-12(2)11-14/h4-8,10-11,16,19H,3,9H2,1-2H3. The van der Waals surface area contributed by atoms with Crippen LogP contribution in [0.3, 0.4) is 0 Å². The first-order valence-electron chi connectivity index (χ1n) is 6.62. The highest BCUT2D eigenvalue weighted by Gasteiger charge is 2.13. The first-order chi connectivity index (χ1) is 9.20. The van der Waals surface area contributed by atoms with Crippen LogP contribution in [0.25, 0.3) is 0 Å². The fourth-order valence-electron chi connectivity index (χ4n) is 2.12. The third-order valence-electron chi connectivity index (χ3n) is 3.06. The summed E-state index contributed by atoms with van der Waals surface area (Å²) in [5.74, 6) is -0.205. The molecular formula is C16H19FN2. The molecule has 1 N–H and O–H groups in total. The van der Waals surface area contributed by atoms with Gasteiger partial charge in [-0.05, 0) is 55.3 Å². The van der Waals surface area contributed by atoms with Crippen molar-refractivity contribution in [3.63, 3.8) is 0 Å². The minimum absolute atomic E-state index is 0.0854. The molecule has 2 aromatic rings. The number of nitrogens with zero attached hydrogens (tertiary/aromatic N) is 1. The zero-order chi connectivity index (χ0) is 13.7. The molecule has 1 aromatic heterocycles. The average molecular weight is 258 g/mol. The molecule has 1 aromatic carbocycles. The molecule has 100 valence electrons. The number of halogens is 1. The largest absolute Gasteiger partial charge is 0.306 e. The Hall–Kier alpha value is -1.74. The Labute approximate surface area is 113 Å². The number of rotatable bonds is 5. The van der Waals surface area contributed by atoms with Gasteiger partial charge in [0.15, 0.2) is 0 Å². The number of aryl methyl sites for hydroxylation is 1. The van der Waals surface area contributed by atoms with Crippen molar-refractivity contribution in [2.24, 2.45) is 0 Å². The van der Waals surface area contributed by atoms with E-state index >= 15 is 0 Å². The van der Waals surface area contributed by atoms with Crippen LogP contribution < -0.4 is 5.32 Å². The van der Waals surface area contributed by atoms with E-state index in [1.807, 2.05) is 31.3 Å². The van der Waals surface area contributed by atoms with Crippen LogP contribution in [-0.4, -0.2) is 11.5 Å². The average Bonchev–Trinajstić information content (AvgIpc) is 2.41. The number of benzene rings is 1. The maximum absolute atomic E-state index is 13.0. The maximum atomic E-state index is 13.0. The molecule has 1 unspecified atom stereocenters. The van der Waals surface area contributed by atoms with Crippen molar-refractivity contribution < 1.29 is 4.39 Å². The monoisotopic (exact) mass is 258 g/mol. The quantitative estimate of drug-likeness (QED) is 0.886. The lowest BCUT2D eigenvalue weighted by Crippen LogP contribution is -2.23. The van der Waals surface area contributed by atoms with Gasteiger partial charge in [-0.1, -0.05) is 19.1 Å². The molecule has 0 fully saturated rings. The number of hydrogen-bond donors (Lipinski definition) is 1. The Morgan fingerprint density at radius 3 is 2.53 bits per heavy atom. The van der Waals surface area contributed by atoms with Crippen molar-refractivity contribution in [1.82, 2.24) is 10.3 Å². The second-order valence-electron chi connectivity index (χ2n) is 4.67. The summed E-state index contributed by atoms with van der Waals surface area (Å²) in [5, 5.41) is 3.50. The summed E-state index contributed by atoms with van der Waals surface area (Å²) in [6.45, 7) is 5.03. The summed E-state index contributed by atoms with van der Waals surface area (Å²) in [6, 6.07) is 10.8. The van der Waals surface area contributed by atoms with Crippen molar-refractivity contribution in [3.8, 4) is 0 Å². The highest BCUT2D eigenvalue weighted by atomic mass is 19.1. The summed E-state index contributed by atoms with van der Waals surface area (Å²) in [4.78, 5) is 4.22. The van der Waals surface area contributed by atoms with Crippen LogP contribution in [0.4, 0.5) is 4.39 Å². The van der Waals surface area contributed by atoms with Crippen LogP contribution in [0.15, 0.2) is 42.6 Å². The van der Waals surface area contributed by atoms with Gasteiger partial charge < -0.3 is 5.32 Å². The molecule has 0 aliphatic rings. The molecule has 0 aliphatic carbocycles. The summed E-state index contributed by atoms with van der Waals surface area (Å²) in [7, 11) is 0. The van der Waals surface area contributed by atoms with Crippen molar-refractivity contribution in [1.29, 1.82) is 0 Å². The molecule has 0 saturated heterocycles. The molecule has 0 spiro atoms. The van der Waals surface area contributed by atoms with E-state index in [4.69, 9.17) is 0 Å². The fraction of sp³-hybridized carbons (Fsp3) is 0.312. The van der Waals surface area contributed by atoms with Crippen LogP contribution in [0.5, 0.6) is 0 Å². The SMILES string of the molecule is CCCNC(c1ccc(F)cc1)c1ccnc(C)c1. The summed E-state index contributed by atoms with van der Waals surface area (Å²) >= 11 is 0. The summed E-state index contributed by atoms with van der Waals surface area (Å²) in [6.07, 6.45) is 2.87. The molecule has 0 amide bonds. The van der Waals surface area contributed by atoms with Gasteiger partial charge in [0.2, 0.25) is 0 Å². The molecule has 2 rings (SSSR count). The normalized spacial score (nSPS) is 12.4. The van der Waals surface area contributed by atoms with Gasteiger partial charge in [0.05, 0.1) is 6.04 Å². The zero-order valence-electron chi connectivity index (χ0n) is 11.4. The summed E-state index contributed by atoms with van der Waals surface area (Å²) in [5.41, 5.74) is 3.22. The summed E-state index contributed by atoms with van der Waals surface area (Å²) < 4.78 is 13.0. The first-order valence-corrected chi connectivity index (χ1v) is 6.62. The zero-order valence-corrected chi connectivity index (χ0v) is 11.4. The lowest BCUT2D eigenvalue weighted by molar-refractivity contribution is 0.592. The minimum atomic E-state index is -0.205. The van der Waals surface area contributed by atoms with E-state index in [1.54, 1.807) is 0 Å². The molecule has 1 atom stereocenters. The van der Waals surface area contributed by atoms with Gasteiger partial charge >= 0.3 is 0 Å². The van der Waals surface area contributed by atoms with Gasteiger partial charge in [-0.2, -0.15) is 0 Å². The van der Waals surface area contributed by atoms with Crippen LogP contribution in [0.2, 0.25) is 0 Å². The van der Waals surface area contributed by atoms with E-state index in [0.29, 0.717) is 0 Å². The Morgan fingerprint density at radius 2 is 1.89 bits per heavy atom. The smallest absolute Gasteiger partial charge is 0.123 e. The van der Waals surface area contributed by atoms with E-state index in [0.717, 1.165) is 29.8 Å². The predicted molar refractivity (Wildman–Crippen MR) is 75.5 cm³/mol. The van der Waals surface area contributed by atoms with Crippen molar-refractivity contribution in [2.75, 3.05) is 6.54 Å². The second-order valence-corrected chi connectivity index (χ2v) is 4.67. The van der Waals surface area contributed by atoms with Gasteiger partial charge in [0.1, 0.15) is 5.82 Å². The van der Waals surface area contributed by atoms with Crippen molar-refractivity contribution >= 4 is 0 Å². The third-order valence-corrected chi connectivity index (χ3v) is 3.06. The lowest BCUT2D eigenvalue weighted by atomic mass is 9.99. The number of pyridine rings is 1. The minimum Gasteiger partial charge on any atom is -0.306 e. The molecule has 19 heavy (non-hydrogen) atoms. The van der Waals surface area contributed by atoms with Crippen molar-refractivity contribution in [3.05, 3.63) is 65.2 Å². The molecule has 2 nitrogen and oxygen atoms in total. The molecule has 3 heteroatoms. The maximum Gasteiger partial charge on any atom is 0.123 e. The number of aromatic nitrogens is 1. The van der Waals surface area contributed by atoms with E-state index in [-0.39, 0.29) is 11.9 Å². The number of nitrogens with one attached hydrogen (secondary N) is 1. The fourth-order valence-corrected chi connectivity index (χ4v) is 2.12. The van der Waals surface area contributed by atoms with E-state index < -0.39 is 0 Å². The van der Waals surface area contributed by atoms with Crippen molar-refractivity contribution in [2.45, 2.75) is 26.3 Å². The van der Waals surface area contributed by atoms with Crippen LogP contribution in [-0.2, 0) is 0 Å². The molecule has 0 aliphatic heterocycles. The highest BCUT2D eigenvalue weighted by molar-refractivity contribution is 5.32. The van der Waals surface area contributed by atoms with Gasteiger partial charge in [-0.15, -0.1) is 0 Å². The van der Waals surface area contributed by atoms with Gasteiger partial charge in [0.25, 0.3) is 0 Å². The Morgan fingerprint density at radius 1 is 1.16 bits per heavy atom. The van der Waals surface area contributed by atoms with Gasteiger partial charge in [0, 0.05) is 11.9 Å². The van der Waals surface area contributed by atoms with Crippen LogP contribution >= 0.6 is 0 Å². The van der Waals surface area contributed by atoms with Gasteiger partial charge in [-0.3, -0.25) is 4.98 Å². The van der Waals surface area contributed by atoms with Gasteiger partial charge in [-0.25, -0.2) is 4.39 Å². The Bertz CT molecular complexity index is 523. The van der Waals surface area contributed by atoms with Crippen LogP contribution in [0.1, 0.15) is 36.2 Å². The highest BCUT2D eigenvalue weighted by Crippen LogP contribution is 2.22. The Kier molecular flexibility index (Phi) is 4.63. The van der Waals surface area contributed by atoms with E-state index in [9.17, 15) is 4.39 Å². The lowest BCUT2D eigenvalue weighted by Gasteiger charge is -2.19. The number of hydrogen-bond acceptors (Lipinski definition) is 2. The molecule has 1 heterocycles. The van der Waals surface area contributed by atoms with E-state index in [2.05, 4.69) is 23.3 Å². The topological polar surface area (TPSA) is 24.9 Å². The Balaban J connectivity index is 2.32. The molecule has 0 saturated carbocycles. The van der Waals surface area contributed by atoms with Crippen LogP contribution in [0, 0.1) is 12.7 Å². The molecule has 0 radical (unpaired) electrons. The molecular weight excluding hydrogens is 239 g/mol.